The molecule has 156 valence electrons. The van der Waals surface area contributed by atoms with Crippen molar-refractivity contribution in [3.05, 3.63) is 63.2 Å². The van der Waals surface area contributed by atoms with E-state index in [-0.39, 0.29) is 31.8 Å². The van der Waals surface area contributed by atoms with Crippen molar-refractivity contribution < 1.29 is 23.4 Å². The largest absolute Gasteiger partial charge is 0.454 e. The van der Waals surface area contributed by atoms with Crippen molar-refractivity contribution in [2.45, 2.75) is 13.1 Å². The number of hydrogen-bond donors (Lipinski definition) is 1. The first-order valence-electron chi connectivity index (χ1n) is 8.83. The van der Waals surface area contributed by atoms with Gasteiger partial charge in [-0.1, -0.05) is 6.07 Å². The monoisotopic (exact) mass is 432 g/mol. The Morgan fingerprint density at radius 3 is 2.93 bits per heavy atom. The second kappa shape index (κ2) is 8.41. The standard InChI is InChI=1S/C19H17FN4O5S/c20-5-12(8-27-18(21)25)6-24-19(26)23(10-22-24)7-15-3-14(9-30-15)13-1-2-16-17(4-13)29-11-28-16/h1-5,9-10H,6-8,11H2,(H2,21,25)/b12-5+. The number of aromatic nitrogens is 3. The first kappa shape index (κ1) is 19.7. The molecule has 0 unspecified atom stereocenters. The van der Waals surface area contributed by atoms with Gasteiger partial charge in [0.2, 0.25) is 6.79 Å². The number of hydrogen-bond acceptors (Lipinski definition) is 7. The molecule has 0 aliphatic carbocycles. The molecule has 0 saturated heterocycles. The van der Waals surface area contributed by atoms with Gasteiger partial charge in [0.25, 0.3) is 0 Å². The number of carbonyl (C=O) groups is 1. The van der Waals surface area contributed by atoms with Crippen LogP contribution in [0.2, 0.25) is 0 Å². The third-order valence-electron chi connectivity index (χ3n) is 4.39. The zero-order valence-corrected chi connectivity index (χ0v) is 16.4. The van der Waals surface area contributed by atoms with Gasteiger partial charge in [-0.05, 0) is 34.7 Å². The van der Waals surface area contributed by atoms with Crippen LogP contribution in [-0.2, 0) is 17.8 Å². The lowest BCUT2D eigenvalue weighted by Crippen LogP contribution is -2.26. The van der Waals surface area contributed by atoms with E-state index >= 15 is 0 Å². The Bertz CT molecular complexity index is 1170. The van der Waals surface area contributed by atoms with Crippen LogP contribution < -0.4 is 20.9 Å². The van der Waals surface area contributed by atoms with Crippen LogP contribution in [0.5, 0.6) is 11.5 Å². The minimum absolute atomic E-state index is 0.0577. The van der Waals surface area contributed by atoms with Crippen molar-refractivity contribution in [2.24, 2.45) is 5.73 Å². The topological polar surface area (TPSA) is 111 Å². The normalized spacial score (nSPS) is 12.9. The number of primary amides is 1. The van der Waals surface area contributed by atoms with E-state index in [9.17, 15) is 14.0 Å². The molecule has 1 aliphatic heterocycles. The Kier molecular flexibility index (Phi) is 5.53. The number of nitrogens with two attached hydrogens (primary N) is 1. The van der Waals surface area contributed by atoms with Crippen molar-refractivity contribution in [1.82, 2.24) is 14.3 Å². The van der Waals surface area contributed by atoms with Gasteiger partial charge in [0.05, 0.1) is 19.4 Å². The Morgan fingerprint density at radius 1 is 1.30 bits per heavy atom. The average molecular weight is 432 g/mol. The quantitative estimate of drug-likeness (QED) is 0.614. The lowest BCUT2D eigenvalue weighted by atomic mass is 10.1. The van der Waals surface area contributed by atoms with E-state index in [1.165, 1.54) is 22.2 Å². The number of ether oxygens (including phenoxy) is 3. The van der Waals surface area contributed by atoms with Crippen LogP contribution in [-0.4, -0.2) is 33.8 Å². The molecular formula is C19H17FN4O5S. The summed E-state index contributed by atoms with van der Waals surface area (Å²) in [5, 5.41) is 5.99. The molecule has 2 N–H and O–H groups in total. The van der Waals surface area contributed by atoms with Crippen molar-refractivity contribution in [1.29, 1.82) is 0 Å². The molecule has 0 atom stereocenters. The highest BCUT2D eigenvalue weighted by Gasteiger charge is 2.15. The molecule has 1 amide bonds. The lowest BCUT2D eigenvalue weighted by Gasteiger charge is -2.05. The van der Waals surface area contributed by atoms with Crippen LogP contribution in [0.25, 0.3) is 11.1 Å². The number of halogens is 1. The number of fused-ring (bicyclic) bond motifs is 1. The van der Waals surface area contributed by atoms with Crippen molar-refractivity contribution >= 4 is 17.4 Å². The fourth-order valence-electron chi connectivity index (χ4n) is 2.92. The predicted octanol–water partition coefficient (Wildman–Crippen LogP) is 2.50. The van der Waals surface area contributed by atoms with Crippen LogP contribution in [0.1, 0.15) is 4.88 Å². The van der Waals surface area contributed by atoms with Gasteiger partial charge in [-0.2, -0.15) is 5.10 Å². The average Bonchev–Trinajstić information content (AvgIpc) is 3.46. The molecule has 0 bridgehead atoms. The molecule has 2 aromatic heterocycles. The Balaban J connectivity index is 1.46. The number of carbonyl (C=O) groups excluding carboxylic acids is 1. The van der Waals surface area contributed by atoms with Gasteiger partial charge in [0.1, 0.15) is 12.9 Å². The van der Waals surface area contributed by atoms with Crippen molar-refractivity contribution in [3.8, 4) is 22.6 Å². The SMILES string of the molecule is NC(=O)OC/C(=C/F)Cn1ncn(Cc2cc(-c3ccc4c(c3)OCO4)cs2)c1=O. The smallest absolute Gasteiger partial charge is 0.404 e. The zero-order chi connectivity index (χ0) is 21.1. The molecule has 0 fully saturated rings. The highest BCUT2D eigenvalue weighted by molar-refractivity contribution is 7.10. The second-order valence-electron chi connectivity index (χ2n) is 6.44. The molecule has 9 nitrogen and oxygen atoms in total. The molecule has 3 aromatic rings. The Labute approximate surface area is 173 Å². The molecule has 11 heteroatoms. The van der Waals surface area contributed by atoms with Crippen LogP contribution in [0.3, 0.4) is 0 Å². The molecule has 0 radical (unpaired) electrons. The molecule has 30 heavy (non-hydrogen) atoms. The molecular weight excluding hydrogens is 415 g/mol. The molecule has 4 rings (SSSR count). The van der Waals surface area contributed by atoms with Gasteiger partial charge >= 0.3 is 11.8 Å². The van der Waals surface area contributed by atoms with E-state index in [0.29, 0.717) is 12.3 Å². The summed E-state index contributed by atoms with van der Waals surface area (Å²) in [6.07, 6.45) is 0.626. The van der Waals surface area contributed by atoms with Crippen LogP contribution >= 0.6 is 11.3 Å². The van der Waals surface area contributed by atoms with E-state index in [4.69, 9.17) is 15.2 Å². The highest BCUT2D eigenvalue weighted by Crippen LogP contribution is 2.37. The molecule has 0 saturated carbocycles. The molecule has 1 aromatic carbocycles. The minimum atomic E-state index is -1.02. The molecule has 0 spiro atoms. The summed E-state index contributed by atoms with van der Waals surface area (Å²) < 4.78 is 30.8. The van der Waals surface area contributed by atoms with Crippen LogP contribution in [0, 0.1) is 0 Å². The number of nitrogens with zero attached hydrogens (tertiary/aromatic N) is 3. The van der Waals surface area contributed by atoms with E-state index < -0.39 is 11.8 Å². The van der Waals surface area contributed by atoms with E-state index in [1.54, 1.807) is 0 Å². The van der Waals surface area contributed by atoms with Crippen LogP contribution in [0.15, 0.2) is 52.7 Å². The third-order valence-corrected chi connectivity index (χ3v) is 5.31. The minimum Gasteiger partial charge on any atom is -0.454 e. The zero-order valence-electron chi connectivity index (χ0n) is 15.6. The van der Waals surface area contributed by atoms with E-state index in [1.807, 2.05) is 29.6 Å². The number of thiophene rings is 1. The third kappa shape index (κ3) is 4.20. The van der Waals surface area contributed by atoms with Gasteiger partial charge in [-0.25, -0.2) is 18.7 Å². The van der Waals surface area contributed by atoms with Gasteiger partial charge < -0.3 is 19.9 Å². The van der Waals surface area contributed by atoms with Gasteiger partial charge in [-0.15, -0.1) is 11.3 Å². The van der Waals surface area contributed by atoms with Crippen molar-refractivity contribution in [2.75, 3.05) is 13.4 Å². The summed E-state index contributed by atoms with van der Waals surface area (Å²) in [5.41, 5.74) is 6.50. The maximum atomic E-state index is 13.0. The number of amides is 1. The number of rotatable bonds is 7. The van der Waals surface area contributed by atoms with Gasteiger partial charge in [0, 0.05) is 10.5 Å². The second-order valence-corrected chi connectivity index (χ2v) is 7.44. The summed E-state index contributed by atoms with van der Waals surface area (Å²) in [6, 6.07) is 7.71. The molecule has 3 heterocycles. The van der Waals surface area contributed by atoms with Gasteiger partial charge in [0.15, 0.2) is 11.5 Å². The van der Waals surface area contributed by atoms with Crippen LogP contribution in [0.4, 0.5) is 9.18 Å². The van der Waals surface area contributed by atoms with E-state index in [2.05, 4.69) is 9.84 Å². The first-order chi connectivity index (χ1) is 14.5. The summed E-state index contributed by atoms with van der Waals surface area (Å²) in [7, 11) is 0. The summed E-state index contributed by atoms with van der Waals surface area (Å²) in [4.78, 5) is 24.1. The van der Waals surface area contributed by atoms with E-state index in [0.717, 1.165) is 26.4 Å². The lowest BCUT2D eigenvalue weighted by molar-refractivity contribution is 0.164. The summed E-state index contributed by atoms with van der Waals surface area (Å²) in [5.74, 6) is 1.42. The Morgan fingerprint density at radius 2 is 2.13 bits per heavy atom. The summed E-state index contributed by atoms with van der Waals surface area (Å²) >= 11 is 1.51. The number of benzene rings is 1. The van der Waals surface area contributed by atoms with Gasteiger partial charge in [-0.3, -0.25) is 4.57 Å². The highest BCUT2D eigenvalue weighted by atomic mass is 32.1. The first-order valence-corrected chi connectivity index (χ1v) is 9.71. The maximum Gasteiger partial charge on any atom is 0.404 e. The maximum absolute atomic E-state index is 13.0. The summed E-state index contributed by atoms with van der Waals surface area (Å²) in [6.45, 7) is 0.0342. The molecule has 1 aliphatic rings. The van der Waals surface area contributed by atoms with Crippen molar-refractivity contribution in [3.63, 3.8) is 0 Å². The predicted molar refractivity (Wildman–Crippen MR) is 106 cm³/mol. The fourth-order valence-corrected chi connectivity index (χ4v) is 3.81. The Hall–Kier alpha value is -3.60. The fraction of sp³-hybridized carbons (Fsp3) is 0.211.